The van der Waals surface area contributed by atoms with Crippen molar-refractivity contribution >= 4 is 35.1 Å². The van der Waals surface area contributed by atoms with E-state index >= 15 is 0 Å². The lowest BCUT2D eigenvalue weighted by atomic mass is 9.98. The van der Waals surface area contributed by atoms with Crippen molar-refractivity contribution in [3.8, 4) is 11.1 Å². The maximum Gasteiger partial charge on any atom is 0.336 e. The Kier molecular flexibility index (Phi) is 8.42. The summed E-state index contributed by atoms with van der Waals surface area (Å²) in [6, 6.07) is 29.6. The Morgan fingerprint density at radius 1 is 0.750 bits per heavy atom. The number of carbonyl (C=O) groups excluding carboxylic acids is 1. The van der Waals surface area contributed by atoms with Crippen LogP contribution in [0, 0.1) is 0 Å². The van der Waals surface area contributed by atoms with E-state index in [9.17, 15) is 14.7 Å². The highest BCUT2D eigenvalue weighted by molar-refractivity contribution is 6.35. The van der Waals surface area contributed by atoms with E-state index in [0.29, 0.717) is 34.3 Å². The average molecular weight is 518 g/mol. The minimum atomic E-state index is -0.969. The van der Waals surface area contributed by atoms with Crippen molar-refractivity contribution in [2.75, 3.05) is 6.54 Å². The number of carbonyl (C=O) groups is 2. The van der Waals surface area contributed by atoms with Crippen LogP contribution in [0.15, 0.2) is 97.1 Å². The SMILES string of the molecule is O=C(O)c1ccccc1-c1ccc(CN(CCCc2ccccc2)C(=O)c2cc(Cl)ccc2Cl)cc1. The second-order valence-corrected chi connectivity index (χ2v) is 9.33. The summed E-state index contributed by atoms with van der Waals surface area (Å²) in [6.07, 6.45) is 1.64. The molecule has 0 aliphatic heterocycles. The Labute approximate surface area is 220 Å². The van der Waals surface area contributed by atoms with Crippen molar-refractivity contribution in [2.24, 2.45) is 0 Å². The first kappa shape index (κ1) is 25.5. The fraction of sp³-hybridized carbons (Fsp3) is 0.133. The van der Waals surface area contributed by atoms with Gasteiger partial charge in [-0.25, -0.2) is 4.79 Å². The van der Waals surface area contributed by atoms with Crippen molar-refractivity contribution in [1.29, 1.82) is 0 Å². The summed E-state index contributed by atoms with van der Waals surface area (Å²) in [5, 5.41) is 10.3. The first-order valence-electron chi connectivity index (χ1n) is 11.6. The molecule has 4 aromatic rings. The number of carboxylic acid groups (broad SMARTS) is 1. The summed E-state index contributed by atoms with van der Waals surface area (Å²) in [5.74, 6) is -1.15. The Morgan fingerprint density at radius 2 is 1.44 bits per heavy atom. The van der Waals surface area contributed by atoms with Gasteiger partial charge in [0, 0.05) is 18.1 Å². The number of amides is 1. The van der Waals surface area contributed by atoms with Crippen molar-refractivity contribution in [3.05, 3.63) is 129 Å². The second kappa shape index (κ2) is 11.9. The summed E-state index contributed by atoms with van der Waals surface area (Å²) in [6.45, 7) is 0.928. The number of aromatic carboxylic acids is 1. The van der Waals surface area contributed by atoms with Crippen LogP contribution in [0.25, 0.3) is 11.1 Å². The lowest BCUT2D eigenvalue weighted by Gasteiger charge is -2.24. The molecule has 0 bridgehead atoms. The lowest BCUT2D eigenvalue weighted by molar-refractivity contribution is 0.0696. The van der Waals surface area contributed by atoms with Gasteiger partial charge in [-0.3, -0.25) is 4.79 Å². The van der Waals surface area contributed by atoms with Crippen LogP contribution in [0.1, 0.15) is 38.3 Å². The Hall–Kier alpha value is -3.60. The van der Waals surface area contributed by atoms with Crippen molar-refractivity contribution in [3.63, 3.8) is 0 Å². The molecule has 4 rings (SSSR count). The van der Waals surface area contributed by atoms with Gasteiger partial charge in [0.1, 0.15) is 0 Å². The smallest absolute Gasteiger partial charge is 0.336 e. The summed E-state index contributed by atoms with van der Waals surface area (Å²) < 4.78 is 0. The molecule has 0 aromatic heterocycles. The number of benzene rings is 4. The van der Waals surface area contributed by atoms with Crippen molar-refractivity contribution in [2.45, 2.75) is 19.4 Å². The van der Waals surface area contributed by atoms with Gasteiger partial charge >= 0.3 is 5.97 Å². The molecule has 0 unspecified atom stereocenters. The predicted octanol–water partition coefficient (Wildman–Crippen LogP) is 7.63. The van der Waals surface area contributed by atoms with Gasteiger partial charge in [0.15, 0.2) is 0 Å². The molecule has 182 valence electrons. The average Bonchev–Trinajstić information content (AvgIpc) is 2.90. The molecule has 0 atom stereocenters. The third-order valence-electron chi connectivity index (χ3n) is 5.98. The van der Waals surface area contributed by atoms with E-state index in [1.807, 2.05) is 48.5 Å². The van der Waals surface area contributed by atoms with Crippen molar-refractivity contribution < 1.29 is 14.7 Å². The minimum Gasteiger partial charge on any atom is -0.478 e. The Morgan fingerprint density at radius 3 is 2.17 bits per heavy atom. The highest BCUT2D eigenvalue weighted by Gasteiger charge is 2.20. The van der Waals surface area contributed by atoms with Crippen molar-refractivity contribution in [1.82, 2.24) is 4.90 Å². The largest absolute Gasteiger partial charge is 0.478 e. The zero-order chi connectivity index (χ0) is 25.5. The van der Waals surface area contributed by atoms with Crippen LogP contribution in [-0.4, -0.2) is 28.4 Å². The first-order valence-corrected chi connectivity index (χ1v) is 12.4. The number of nitrogens with zero attached hydrogens (tertiary/aromatic N) is 1. The molecule has 0 saturated heterocycles. The lowest BCUT2D eigenvalue weighted by Crippen LogP contribution is -2.32. The predicted molar refractivity (Wildman–Crippen MR) is 145 cm³/mol. The fourth-order valence-electron chi connectivity index (χ4n) is 4.13. The number of carboxylic acids is 1. The first-order chi connectivity index (χ1) is 17.4. The number of halogens is 2. The third kappa shape index (κ3) is 6.34. The number of rotatable bonds is 9. The monoisotopic (exact) mass is 517 g/mol. The molecule has 4 aromatic carbocycles. The molecule has 0 radical (unpaired) electrons. The highest BCUT2D eigenvalue weighted by Crippen LogP contribution is 2.26. The summed E-state index contributed by atoms with van der Waals surface area (Å²) in [7, 11) is 0. The molecule has 0 aliphatic carbocycles. The van der Waals surface area contributed by atoms with Crippen LogP contribution >= 0.6 is 23.2 Å². The second-order valence-electron chi connectivity index (χ2n) is 8.49. The summed E-state index contributed by atoms with van der Waals surface area (Å²) in [5.41, 5.74) is 4.22. The zero-order valence-electron chi connectivity index (χ0n) is 19.5. The normalized spacial score (nSPS) is 10.7. The molecule has 6 heteroatoms. The van der Waals surface area contributed by atoms with Gasteiger partial charge in [0.25, 0.3) is 5.91 Å². The topological polar surface area (TPSA) is 57.6 Å². The third-order valence-corrected chi connectivity index (χ3v) is 6.54. The fourth-order valence-corrected chi connectivity index (χ4v) is 4.50. The van der Waals surface area contributed by atoms with E-state index in [0.717, 1.165) is 24.0 Å². The van der Waals surface area contributed by atoms with E-state index < -0.39 is 5.97 Å². The van der Waals surface area contributed by atoms with Gasteiger partial charge in [-0.1, -0.05) is 96.0 Å². The molecule has 0 saturated carbocycles. The molecule has 1 N–H and O–H groups in total. The van der Waals surface area contributed by atoms with E-state index in [1.165, 1.54) is 5.56 Å². The molecule has 36 heavy (non-hydrogen) atoms. The molecule has 0 aliphatic rings. The van der Waals surface area contributed by atoms with Gasteiger partial charge in [0.05, 0.1) is 16.1 Å². The molecule has 4 nitrogen and oxygen atoms in total. The molecular formula is C30H25Cl2NO3. The quantitative estimate of drug-likeness (QED) is 0.248. The summed E-state index contributed by atoms with van der Waals surface area (Å²) >= 11 is 12.5. The molecule has 0 spiro atoms. The Balaban J connectivity index is 1.55. The minimum absolute atomic E-state index is 0.184. The van der Waals surface area contributed by atoms with E-state index in [1.54, 1.807) is 41.3 Å². The van der Waals surface area contributed by atoms with Gasteiger partial charge in [-0.2, -0.15) is 0 Å². The Bertz CT molecular complexity index is 1350. The van der Waals surface area contributed by atoms with Gasteiger partial charge in [0.2, 0.25) is 0 Å². The van der Waals surface area contributed by atoms with E-state index in [4.69, 9.17) is 23.2 Å². The standard InChI is InChI=1S/C30H25Cl2NO3/c31-24-16-17-28(32)27(19-24)29(34)33(18-6-9-21-7-2-1-3-8-21)20-22-12-14-23(15-13-22)25-10-4-5-11-26(25)30(35)36/h1-5,7-8,10-17,19H,6,9,18,20H2,(H,35,36). The molecule has 1 amide bonds. The maximum absolute atomic E-state index is 13.5. The number of hydrogen-bond acceptors (Lipinski definition) is 2. The van der Waals surface area contributed by atoms with Gasteiger partial charge < -0.3 is 10.0 Å². The highest BCUT2D eigenvalue weighted by atomic mass is 35.5. The molecular weight excluding hydrogens is 493 g/mol. The zero-order valence-corrected chi connectivity index (χ0v) is 21.0. The van der Waals surface area contributed by atoms with E-state index in [2.05, 4.69) is 12.1 Å². The molecule has 0 heterocycles. The van der Waals surface area contributed by atoms with Crippen LogP contribution in [0.3, 0.4) is 0 Å². The van der Waals surface area contributed by atoms with Gasteiger partial charge in [-0.05, 0) is 59.4 Å². The van der Waals surface area contributed by atoms with Crippen LogP contribution in [0.2, 0.25) is 10.0 Å². The number of hydrogen-bond donors (Lipinski definition) is 1. The molecule has 0 fully saturated rings. The van der Waals surface area contributed by atoms with E-state index in [-0.39, 0.29) is 11.5 Å². The summed E-state index contributed by atoms with van der Waals surface area (Å²) in [4.78, 5) is 26.9. The van der Waals surface area contributed by atoms with Crippen LogP contribution < -0.4 is 0 Å². The van der Waals surface area contributed by atoms with Crippen LogP contribution in [-0.2, 0) is 13.0 Å². The van der Waals surface area contributed by atoms with Crippen LogP contribution in [0.4, 0.5) is 0 Å². The van der Waals surface area contributed by atoms with Gasteiger partial charge in [-0.15, -0.1) is 0 Å². The maximum atomic E-state index is 13.5. The van der Waals surface area contributed by atoms with Crippen LogP contribution in [0.5, 0.6) is 0 Å². The number of aryl methyl sites for hydroxylation is 1.